The lowest BCUT2D eigenvalue weighted by atomic mass is 9.98. The van der Waals surface area contributed by atoms with E-state index in [9.17, 15) is 23.1 Å². The molecule has 0 unspecified atom stereocenters. The van der Waals surface area contributed by atoms with Crippen molar-refractivity contribution in [2.45, 2.75) is 34.1 Å². The number of nitrogens with zero attached hydrogens (tertiary/aromatic N) is 1. The minimum Gasteiger partial charge on any atom is -0.492 e. The van der Waals surface area contributed by atoms with E-state index in [0.29, 0.717) is 5.39 Å². The molecule has 0 bridgehead atoms. The molecule has 2 rings (SSSR count). The predicted octanol–water partition coefficient (Wildman–Crippen LogP) is 2.31. The Morgan fingerprint density at radius 3 is 2.38 bits per heavy atom. The van der Waals surface area contributed by atoms with Crippen LogP contribution in [0, 0.1) is 5.41 Å². The molecular formula is C17H22N2O6S. The summed E-state index contributed by atoms with van der Waals surface area (Å²) >= 11 is 0. The second-order valence-corrected chi connectivity index (χ2v) is 8.75. The Balaban J connectivity index is 2.70. The Kier molecular flexibility index (Phi) is 5.05. The first-order valence-corrected chi connectivity index (χ1v) is 9.85. The topological polar surface area (TPSA) is 115 Å². The van der Waals surface area contributed by atoms with Gasteiger partial charge < -0.3 is 9.94 Å². The maximum atomic E-state index is 12.2. The van der Waals surface area contributed by atoms with Gasteiger partial charge in [-0.05, 0) is 39.0 Å². The molecule has 0 aliphatic heterocycles. The van der Waals surface area contributed by atoms with Crippen LogP contribution >= 0.6 is 0 Å². The minimum atomic E-state index is -3.53. The molecule has 0 saturated heterocycles. The molecule has 0 spiro atoms. The lowest BCUT2D eigenvalue weighted by molar-refractivity contribution is -0.153. The van der Waals surface area contributed by atoms with Gasteiger partial charge >= 0.3 is 5.97 Å². The molecule has 2 N–H and O–H groups in total. The lowest BCUT2D eigenvalue weighted by Gasteiger charge is -2.17. The maximum Gasteiger partial charge on any atom is 0.338 e. The van der Waals surface area contributed by atoms with E-state index in [0.717, 1.165) is 11.0 Å². The molecule has 0 saturated carbocycles. The zero-order valence-electron chi connectivity index (χ0n) is 15.3. The van der Waals surface area contributed by atoms with Gasteiger partial charge in [0, 0.05) is 11.8 Å². The second-order valence-electron chi connectivity index (χ2n) is 7.00. The van der Waals surface area contributed by atoms with Gasteiger partial charge in [0.05, 0.1) is 28.4 Å². The number of ketones is 1. The summed E-state index contributed by atoms with van der Waals surface area (Å²) in [7, 11) is -3.53. The summed E-state index contributed by atoms with van der Waals surface area (Å²) < 4.78 is 26.1. The summed E-state index contributed by atoms with van der Waals surface area (Å²) in [5.41, 5.74) is -0.414. The van der Waals surface area contributed by atoms with Gasteiger partial charge in [0.2, 0.25) is 15.9 Å². The van der Waals surface area contributed by atoms with Crippen molar-refractivity contribution in [1.29, 1.82) is 0 Å². The zero-order chi connectivity index (χ0) is 19.9. The lowest BCUT2D eigenvalue weighted by Crippen LogP contribution is -2.31. The van der Waals surface area contributed by atoms with E-state index in [4.69, 9.17) is 4.84 Å². The molecule has 0 fully saturated rings. The van der Waals surface area contributed by atoms with E-state index < -0.39 is 27.3 Å². The summed E-state index contributed by atoms with van der Waals surface area (Å²) in [6, 6.07) is 4.34. The van der Waals surface area contributed by atoms with Crippen LogP contribution in [0.3, 0.4) is 0 Å². The summed E-state index contributed by atoms with van der Waals surface area (Å²) in [6.07, 6.45) is 1.14. The highest BCUT2D eigenvalue weighted by atomic mass is 32.2. The molecule has 0 aliphatic carbocycles. The highest BCUT2D eigenvalue weighted by Gasteiger charge is 2.29. The van der Waals surface area contributed by atoms with Crippen molar-refractivity contribution in [3.8, 4) is 5.88 Å². The molecule has 1 aromatic heterocycles. The van der Waals surface area contributed by atoms with Gasteiger partial charge in [-0.3, -0.25) is 9.52 Å². The Morgan fingerprint density at radius 1 is 1.27 bits per heavy atom. The van der Waals surface area contributed by atoms with Crippen molar-refractivity contribution in [1.82, 2.24) is 4.73 Å². The molecule has 26 heavy (non-hydrogen) atoms. The summed E-state index contributed by atoms with van der Waals surface area (Å²) in [5, 5.41) is 10.8. The largest absolute Gasteiger partial charge is 0.492 e. The molecule has 8 nitrogen and oxygen atoms in total. The number of aromatic hydroxyl groups is 1. The minimum absolute atomic E-state index is 0.0233. The van der Waals surface area contributed by atoms with E-state index in [1.807, 2.05) is 0 Å². The molecule has 142 valence electrons. The number of rotatable bonds is 5. The standard InChI is InChI=1S/C17H22N2O6S/c1-6-13(20)14-11-8-7-10(18-26(5,23)24)9-12(11)19(15(14)21)25-16(22)17(2,3)4/h7-9,18,21H,6H2,1-5H3. The fourth-order valence-corrected chi connectivity index (χ4v) is 2.84. The van der Waals surface area contributed by atoms with Crippen LogP contribution in [0.25, 0.3) is 10.9 Å². The molecule has 9 heteroatoms. The van der Waals surface area contributed by atoms with Crippen molar-refractivity contribution in [3.05, 3.63) is 23.8 Å². The molecular weight excluding hydrogens is 360 g/mol. The van der Waals surface area contributed by atoms with Crippen LogP contribution in [0.4, 0.5) is 5.69 Å². The molecule has 0 amide bonds. The van der Waals surface area contributed by atoms with Crippen molar-refractivity contribution in [2.24, 2.45) is 5.41 Å². The average molecular weight is 382 g/mol. The molecule has 0 atom stereocenters. The summed E-state index contributed by atoms with van der Waals surface area (Å²) in [5.74, 6) is -1.45. The van der Waals surface area contributed by atoms with Gasteiger partial charge in [-0.25, -0.2) is 13.2 Å². The molecule has 1 heterocycles. The van der Waals surface area contributed by atoms with Crippen molar-refractivity contribution < 1.29 is 28.0 Å². The number of nitrogens with one attached hydrogen (secondary N) is 1. The third-order valence-corrected chi connectivity index (χ3v) is 4.20. The average Bonchev–Trinajstić information content (AvgIpc) is 2.76. The van der Waals surface area contributed by atoms with Crippen LogP contribution in [0.15, 0.2) is 18.2 Å². The molecule has 0 radical (unpaired) electrons. The Labute approximate surface area is 151 Å². The van der Waals surface area contributed by atoms with E-state index >= 15 is 0 Å². The first-order valence-electron chi connectivity index (χ1n) is 7.96. The van der Waals surface area contributed by atoms with Gasteiger partial charge in [0.1, 0.15) is 0 Å². The Morgan fingerprint density at radius 2 is 1.88 bits per heavy atom. The van der Waals surface area contributed by atoms with Crippen molar-refractivity contribution >= 4 is 38.4 Å². The van der Waals surface area contributed by atoms with Crippen molar-refractivity contribution in [3.63, 3.8) is 0 Å². The predicted molar refractivity (Wildman–Crippen MR) is 97.7 cm³/mol. The highest BCUT2D eigenvalue weighted by molar-refractivity contribution is 7.92. The number of fused-ring (bicyclic) bond motifs is 1. The van der Waals surface area contributed by atoms with Crippen molar-refractivity contribution in [2.75, 3.05) is 11.0 Å². The van der Waals surface area contributed by atoms with Gasteiger partial charge in [-0.2, -0.15) is 0 Å². The van der Waals surface area contributed by atoms with E-state index in [2.05, 4.69) is 4.72 Å². The number of hydrogen-bond acceptors (Lipinski definition) is 6. The fraction of sp³-hybridized carbons (Fsp3) is 0.412. The third kappa shape index (κ3) is 3.98. The van der Waals surface area contributed by atoms with Gasteiger partial charge in [0.25, 0.3) is 0 Å². The second kappa shape index (κ2) is 6.64. The first kappa shape index (κ1) is 19.8. The number of aromatic nitrogens is 1. The molecule has 0 aliphatic rings. The number of carbonyl (C=O) groups excluding carboxylic acids is 2. The van der Waals surface area contributed by atoms with Crippen LogP contribution in [0.5, 0.6) is 5.88 Å². The van der Waals surface area contributed by atoms with E-state index in [1.165, 1.54) is 18.2 Å². The maximum absolute atomic E-state index is 12.2. The number of sulfonamides is 1. The third-order valence-electron chi connectivity index (χ3n) is 3.59. The number of hydrogen-bond donors (Lipinski definition) is 2. The van der Waals surface area contributed by atoms with Crippen LogP contribution in [0.2, 0.25) is 0 Å². The number of Topliss-reactive ketones (excluding diaryl/α,β-unsaturated/α-hetero) is 1. The zero-order valence-corrected chi connectivity index (χ0v) is 16.1. The number of benzene rings is 1. The SMILES string of the molecule is CCC(=O)c1c(O)n(OC(=O)C(C)(C)C)c2cc(NS(C)(=O)=O)ccc12. The smallest absolute Gasteiger partial charge is 0.338 e. The van der Waals surface area contributed by atoms with Crippen LogP contribution < -0.4 is 9.56 Å². The van der Waals surface area contributed by atoms with Crippen LogP contribution in [-0.2, 0) is 14.8 Å². The number of carbonyl (C=O) groups is 2. The quantitative estimate of drug-likeness (QED) is 0.767. The summed E-state index contributed by atoms with van der Waals surface area (Å²) in [4.78, 5) is 29.8. The molecule has 2 aromatic rings. The molecule has 1 aromatic carbocycles. The van der Waals surface area contributed by atoms with Gasteiger partial charge in [-0.15, -0.1) is 4.73 Å². The van der Waals surface area contributed by atoms with Crippen LogP contribution in [0.1, 0.15) is 44.5 Å². The normalized spacial score (nSPS) is 12.2. The fourth-order valence-electron chi connectivity index (χ4n) is 2.29. The van der Waals surface area contributed by atoms with E-state index in [1.54, 1.807) is 27.7 Å². The number of anilines is 1. The van der Waals surface area contributed by atoms with E-state index in [-0.39, 0.29) is 29.0 Å². The summed E-state index contributed by atoms with van der Waals surface area (Å²) in [6.45, 7) is 6.58. The Bertz CT molecular complexity index is 983. The highest BCUT2D eigenvalue weighted by Crippen LogP contribution is 2.34. The van der Waals surface area contributed by atoms with Crippen LogP contribution in [-0.4, -0.2) is 36.3 Å². The van der Waals surface area contributed by atoms with Gasteiger partial charge in [-0.1, -0.05) is 6.92 Å². The van der Waals surface area contributed by atoms with Gasteiger partial charge in [0.15, 0.2) is 5.78 Å². The first-order chi connectivity index (χ1) is 11.8. The monoisotopic (exact) mass is 382 g/mol. The Hall–Kier alpha value is -2.55.